The van der Waals surface area contributed by atoms with Gasteiger partial charge in [0.05, 0.1) is 5.69 Å². The number of carboxylic acid groups (broad SMARTS) is 1. The fraction of sp³-hybridized carbons (Fsp3) is 0.353. The number of aromatic nitrogens is 2. The summed E-state index contributed by atoms with van der Waals surface area (Å²) < 4.78 is 1.51. The first-order valence-electron chi connectivity index (χ1n) is 7.54. The number of rotatable bonds is 6. The summed E-state index contributed by atoms with van der Waals surface area (Å²) in [4.78, 5) is 22.9. The molecule has 0 aliphatic carbocycles. The highest BCUT2D eigenvalue weighted by atomic mass is 16.4. The summed E-state index contributed by atoms with van der Waals surface area (Å²) in [5, 5.41) is 15.8. The Bertz CT molecular complexity index is 707. The van der Waals surface area contributed by atoms with Crippen LogP contribution in [0, 0.1) is 11.8 Å². The highest BCUT2D eigenvalue weighted by Crippen LogP contribution is 2.12. The topological polar surface area (TPSA) is 84.2 Å². The van der Waals surface area contributed by atoms with Crippen molar-refractivity contribution in [3.8, 4) is 5.69 Å². The molecule has 2 N–H and O–H groups in total. The largest absolute Gasteiger partial charge is 0.476 e. The number of hydrogen-bond acceptors (Lipinski definition) is 3. The third kappa shape index (κ3) is 4.18. The van der Waals surface area contributed by atoms with Gasteiger partial charge in [-0.2, -0.15) is 5.10 Å². The summed E-state index contributed by atoms with van der Waals surface area (Å²) in [7, 11) is 0. The molecule has 23 heavy (non-hydrogen) atoms. The van der Waals surface area contributed by atoms with E-state index >= 15 is 0 Å². The Morgan fingerprint density at radius 2 is 2.00 bits per heavy atom. The van der Waals surface area contributed by atoms with E-state index in [4.69, 9.17) is 5.11 Å². The van der Waals surface area contributed by atoms with Crippen molar-refractivity contribution < 1.29 is 14.7 Å². The lowest BCUT2D eigenvalue weighted by molar-refractivity contribution is -0.125. The molecule has 1 heterocycles. The van der Waals surface area contributed by atoms with Crippen LogP contribution in [0.25, 0.3) is 5.69 Å². The van der Waals surface area contributed by atoms with Crippen LogP contribution in [-0.2, 0) is 11.3 Å². The number of aromatic carboxylic acids is 1. The van der Waals surface area contributed by atoms with Gasteiger partial charge in [0.1, 0.15) is 0 Å². The van der Waals surface area contributed by atoms with Gasteiger partial charge in [0, 0.05) is 18.7 Å². The van der Waals surface area contributed by atoms with Crippen LogP contribution in [0.3, 0.4) is 0 Å². The van der Waals surface area contributed by atoms with E-state index in [1.165, 1.54) is 10.7 Å². The number of carbonyl (C=O) groups is 2. The molecule has 1 aromatic heterocycles. The minimum absolute atomic E-state index is 0.00513. The first-order valence-corrected chi connectivity index (χ1v) is 7.54. The van der Waals surface area contributed by atoms with Gasteiger partial charge in [0.15, 0.2) is 5.69 Å². The number of benzene rings is 1. The quantitative estimate of drug-likeness (QED) is 0.857. The summed E-state index contributed by atoms with van der Waals surface area (Å²) in [6, 6.07) is 8.91. The van der Waals surface area contributed by atoms with E-state index in [1.54, 1.807) is 6.20 Å². The summed E-state index contributed by atoms with van der Waals surface area (Å²) in [6.07, 6.45) is 1.60. The van der Waals surface area contributed by atoms with Crippen LogP contribution >= 0.6 is 0 Å². The highest BCUT2D eigenvalue weighted by Gasteiger charge is 2.16. The Morgan fingerprint density at radius 3 is 2.61 bits per heavy atom. The van der Waals surface area contributed by atoms with Crippen LogP contribution in [0.1, 0.15) is 36.8 Å². The van der Waals surface area contributed by atoms with Crippen LogP contribution < -0.4 is 5.32 Å². The third-order valence-electron chi connectivity index (χ3n) is 3.86. The molecule has 0 saturated heterocycles. The number of hydrogen-bond donors (Lipinski definition) is 2. The van der Waals surface area contributed by atoms with Gasteiger partial charge in [-0.15, -0.1) is 0 Å². The molecule has 1 atom stereocenters. The lowest BCUT2D eigenvalue weighted by atomic mass is 9.97. The van der Waals surface area contributed by atoms with Crippen molar-refractivity contribution in [3.63, 3.8) is 0 Å². The van der Waals surface area contributed by atoms with Crippen molar-refractivity contribution in [2.75, 3.05) is 0 Å². The Hall–Kier alpha value is -2.63. The fourth-order valence-electron chi connectivity index (χ4n) is 2.04. The van der Waals surface area contributed by atoms with E-state index in [9.17, 15) is 9.59 Å². The average Bonchev–Trinajstić information content (AvgIpc) is 3.02. The van der Waals surface area contributed by atoms with E-state index < -0.39 is 5.97 Å². The second kappa shape index (κ2) is 7.09. The molecule has 1 amide bonds. The molecule has 2 rings (SSSR count). The maximum atomic E-state index is 12.0. The van der Waals surface area contributed by atoms with Crippen molar-refractivity contribution in [3.05, 3.63) is 47.8 Å². The molecular formula is C17H21N3O3. The van der Waals surface area contributed by atoms with Crippen LogP contribution in [0.5, 0.6) is 0 Å². The summed E-state index contributed by atoms with van der Waals surface area (Å²) >= 11 is 0. The van der Waals surface area contributed by atoms with E-state index in [0.29, 0.717) is 12.5 Å². The summed E-state index contributed by atoms with van der Waals surface area (Å²) in [6.45, 7) is 6.37. The van der Waals surface area contributed by atoms with Crippen LogP contribution in [0.15, 0.2) is 36.5 Å². The predicted molar refractivity (Wildman–Crippen MR) is 86.4 cm³/mol. The maximum absolute atomic E-state index is 12.0. The van der Waals surface area contributed by atoms with E-state index in [0.717, 1.165) is 11.3 Å². The Kier molecular flexibility index (Phi) is 5.16. The van der Waals surface area contributed by atoms with Crippen molar-refractivity contribution in [1.82, 2.24) is 15.1 Å². The molecule has 0 aliphatic rings. The molecule has 1 aromatic carbocycles. The van der Waals surface area contributed by atoms with Crippen molar-refractivity contribution >= 4 is 11.9 Å². The van der Waals surface area contributed by atoms with E-state index in [1.807, 2.05) is 45.0 Å². The summed E-state index contributed by atoms with van der Waals surface area (Å²) in [5.74, 6) is -0.783. The van der Waals surface area contributed by atoms with Gasteiger partial charge >= 0.3 is 5.97 Å². The number of amides is 1. The number of nitrogens with one attached hydrogen (secondary N) is 1. The molecule has 0 radical (unpaired) electrons. The molecule has 6 heteroatoms. The van der Waals surface area contributed by atoms with Gasteiger partial charge in [0.25, 0.3) is 0 Å². The molecule has 0 spiro atoms. The first-order chi connectivity index (χ1) is 10.9. The Balaban J connectivity index is 2.07. The van der Waals surface area contributed by atoms with Gasteiger partial charge < -0.3 is 10.4 Å². The van der Waals surface area contributed by atoms with Gasteiger partial charge in [0.2, 0.25) is 5.91 Å². The molecule has 1 unspecified atom stereocenters. The number of carbonyl (C=O) groups excluding carboxylic acids is 1. The van der Waals surface area contributed by atoms with E-state index in [2.05, 4.69) is 10.4 Å². The fourth-order valence-corrected chi connectivity index (χ4v) is 2.04. The third-order valence-corrected chi connectivity index (χ3v) is 3.86. The molecule has 0 aliphatic heterocycles. The molecule has 0 saturated carbocycles. The zero-order chi connectivity index (χ0) is 17.0. The normalized spacial score (nSPS) is 12.2. The predicted octanol–water partition coefficient (Wildman–Crippen LogP) is 2.48. The zero-order valence-corrected chi connectivity index (χ0v) is 13.5. The summed E-state index contributed by atoms with van der Waals surface area (Å²) in [5.41, 5.74) is 1.68. The second-order valence-electron chi connectivity index (χ2n) is 5.87. The van der Waals surface area contributed by atoms with E-state index in [-0.39, 0.29) is 17.5 Å². The van der Waals surface area contributed by atoms with Crippen molar-refractivity contribution in [2.45, 2.75) is 27.3 Å². The van der Waals surface area contributed by atoms with Crippen LogP contribution in [-0.4, -0.2) is 26.8 Å². The molecule has 122 valence electrons. The van der Waals surface area contributed by atoms with Crippen molar-refractivity contribution in [1.29, 1.82) is 0 Å². The molecule has 2 aromatic rings. The number of nitrogens with zero attached hydrogens (tertiary/aromatic N) is 2. The minimum atomic E-state index is -1.06. The standard InChI is InChI=1S/C17H21N3O3/c1-11(2)12(3)16(21)18-10-13-5-4-6-14(9-13)20-8-7-15(19-20)17(22)23/h4-9,11-12H,10H2,1-3H3,(H,18,21)(H,22,23). The lowest BCUT2D eigenvalue weighted by Gasteiger charge is -2.15. The van der Waals surface area contributed by atoms with Gasteiger partial charge in [-0.05, 0) is 29.7 Å². The molecular weight excluding hydrogens is 294 g/mol. The van der Waals surface area contributed by atoms with Gasteiger partial charge in [-0.25, -0.2) is 9.48 Å². The maximum Gasteiger partial charge on any atom is 0.356 e. The average molecular weight is 315 g/mol. The van der Waals surface area contributed by atoms with Gasteiger partial charge in [-0.1, -0.05) is 32.9 Å². The smallest absolute Gasteiger partial charge is 0.356 e. The van der Waals surface area contributed by atoms with Gasteiger partial charge in [-0.3, -0.25) is 4.79 Å². The first kappa shape index (κ1) is 16.7. The second-order valence-corrected chi connectivity index (χ2v) is 5.87. The Labute approximate surface area is 135 Å². The monoisotopic (exact) mass is 315 g/mol. The number of carboxylic acids is 1. The minimum Gasteiger partial charge on any atom is -0.476 e. The van der Waals surface area contributed by atoms with Crippen LogP contribution in [0.2, 0.25) is 0 Å². The molecule has 0 fully saturated rings. The lowest BCUT2D eigenvalue weighted by Crippen LogP contribution is -2.31. The Morgan fingerprint density at radius 1 is 1.26 bits per heavy atom. The van der Waals surface area contributed by atoms with Crippen LogP contribution in [0.4, 0.5) is 0 Å². The van der Waals surface area contributed by atoms with Crippen molar-refractivity contribution in [2.24, 2.45) is 11.8 Å². The highest BCUT2D eigenvalue weighted by molar-refractivity contribution is 5.85. The zero-order valence-electron chi connectivity index (χ0n) is 13.5. The molecule has 6 nitrogen and oxygen atoms in total. The molecule has 0 bridgehead atoms. The SMILES string of the molecule is CC(C)C(C)C(=O)NCc1cccc(-n2ccc(C(=O)O)n2)c1.